The molecule has 2 aromatic rings. The zero-order chi connectivity index (χ0) is 14.9. The van der Waals surface area contributed by atoms with Gasteiger partial charge in [-0.2, -0.15) is 0 Å². The first-order chi connectivity index (χ1) is 10.8. The molecule has 0 radical (unpaired) electrons. The predicted molar refractivity (Wildman–Crippen MR) is 90.1 cm³/mol. The molecule has 2 aliphatic rings. The van der Waals surface area contributed by atoms with E-state index in [1.807, 2.05) is 4.90 Å². The Balaban J connectivity index is 1.49. The predicted octanol–water partition coefficient (Wildman–Crippen LogP) is 3.29. The van der Waals surface area contributed by atoms with E-state index in [0.29, 0.717) is 5.91 Å². The number of nitrogens with zero attached hydrogens (tertiary/aromatic N) is 2. The summed E-state index contributed by atoms with van der Waals surface area (Å²) >= 11 is 0. The molecule has 2 heterocycles. The van der Waals surface area contributed by atoms with Crippen molar-refractivity contribution < 1.29 is 4.79 Å². The fourth-order valence-corrected chi connectivity index (χ4v) is 3.65. The number of carbonyl (C=O) groups is 1. The van der Waals surface area contributed by atoms with Crippen LogP contribution in [-0.2, 0) is 4.79 Å². The number of likely N-dealkylation sites (tertiary alicyclic amines) is 1. The number of piperidine rings is 1. The van der Waals surface area contributed by atoms with E-state index in [4.69, 9.17) is 0 Å². The number of hydrogen-bond acceptors (Lipinski definition) is 2. The molecule has 0 atom stereocenters. The largest absolute Gasteiger partial charge is 0.371 e. The van der Waals surface area contributed by atoms with Gasteiger partial charge < -0.3 is 9.80 Å². The van der Waals surface area contributed by atoms with Crippen LogP contribution in [0.2, 0.25) is 0 Å². The first kappa shape index (κ1) is 13.6. The fraction of sp³-hybridized carbons (Fsp3) is 0.421. The van der Waals surface area contributed by atoms with E-state index in [1.165, 1.54) is 22.9 Å². The lowest BCUT2D eigenvalue weighted by Crippen LogP contribution is -2.48. The van der Waals surface area contributed by atoms with Crippen molar-refractivity contribution in [3.63, 3.8) is 0 Å². The Labute approximate surface area is 131 Å². The van der Waals surface area contributed by atoms with Gasteiger partial charge >= 0.3 is 0 Å². The number of benzene rings is 2. The number of hydrogen-bond donors (Lipinski definition) is 0. The molecule has 2 aromatic carbocycles. The second kappa shape index (κ2) is 5.64. The molecule has 0 aromatic heterocycles. The fourth-order valence-electron chi connectivity index (χ4n) is 3.65. The highest BCUT2D eigenvalue weighted by atomic mass is 16.2. The molecule has 4 rings (SSSR count). The molecule has 2 saturated heterocycles. The standard InChI is InChI=1S/C19H22N2O/c22-19(21-11-4-12-21)16-9-13-20(14-10-16)18-8-3-6-15-5-1-2-7-17(15)18/h1-3,5-8,16H,4,9-14H2. The van der Waals surface area contributed by atoms with E-state index in [1.54, 1.807) is 0 Å². The van der Waals surface area contributed by atoms with Crippen molar-refractivity contribution in [1.82, 2.24) is 4.90 Å². The molecule has 2 fully saturated rings. The molecule has 0 N–H and O–H groups in total. The smallest absolute Gasteiger partial charge is 0.225 e. The lowest BCUT2D eigenvalue weighted by molar-refractivity contribution is -0.139. The van der Waals surface area contributed by atoms with Gasteiger partial charge in [0.05, 0.1) is 0 Å². The Morgan fingerprint density at radius 2 is 1.64 bits per heavy atom. The Kier molecular flexibility index (Phi) is 3.49. The minimum absolute atomic E-state index is 0.242. The van der Waals surface area contributed by atoms with Crippen LogP contribution in [0.3, 0.4) is 0 Å². The third kappa shape index (κ3) is 2.35. The Morgan fingerprint density at radius 3 is 2.36 bits per heavy atom. The molecule has 0 aliphatic carbocycles. The van der Waals surface area contributed by atoms with Crippen molar-refractivity contribution in [2.75, 3.05) is 31.1 Å². The number of anilines is 1. The maximum Gasteiger partial charge on any atom is 0.225 e. The molecule has 0 saturated carbocycles. The highest BCUT2D eigenvalue weighted by Crippen LogP contribution is 2.31. The zero-order valence-electron chi connectivity index (χ0n) is 12.9. The SMILES string of the molecule is O=C(C1CCN(c2cccc3ccccc23)CC1)N1CCC1. The van der Waals surface area contributed by atoms with Gasteiger partial charge in [0.1, 0.15) is 0 Å². The summed E-state index contributed by atoms with van der Waals surface area (Å²) in [6, 6.07) is 15.1. The van der Waals surface area contributed by atoms with Crippen LogP contribution in [0.4, 0.5) is 5.69 Å². The zero-order valence-corrected chi connectivity index (χ0v) is 12.9. The average Bonchev–Trinajstić information content (AvgIpc) is 2.53. The molecule has 3 nitrogen and oxygen atoms in total. The molecular formula is C19H22N2O. The summed E-state index contributed by atoms with van der Waals surface area (Å²) < 4.78 is 0. The van der Waals surface area contributed by atoms with Gasteiger partial charge in [-0.05, 0) is 30.7 Å². The maximum atomic E-state index is 12.3. The van der Waals surface area contributed by atoms with Crippen LogP contribution in [0.5, 0.6) is 0 Å². The molecule has 3 heteroatoms. The summed E-state index contributed by atoms with van der Waals surface area (Å²) in [5.41, 5.74) is 1.31. The van der Waals surface area contributed by atoms with Crippen molar-refractivity contribution in [1.29, 1.82) is 0 Å². The summed E-state index contributed by atoms with van der Waals surface area (Å²) in [4.78, 5) is 16.8. The van der Waals surface area contributed by atoms with Crippen molar-refractivity contribution in [3.8, 4) is 0 Å². The first-order valence-electron chi connectivity index (χ1n) is 8.34. The minimum atomic E-state index is 0.242. The topological polar surface area (TPSA) is 23.6 Å². The van der Waals surface area contributed by atoms with Crippen molar-refractivity contribution in [3.05, 3.63) is 42.5 Å². The van der Waals surface area contributed by atoms with E-state index in [2.05, 4.69) is 47.4 Å². The van der Waals surface area contributed by atoms with E-state index in [0.717, 1.165) is 39.0 Å². The van der Waals surface area contributed by atoms with Crippen LogP contribution < -0.4 is 4.90 Å². The van der Waals surface area contributed by atoms with Crippen LogP contribution in [-0.4, -0.2) is 37.0 Å². The second-order valence-electron chi connectivity index (χ2n) is 6.44. The number of carbonyl (C=O) groups excluding carboxylic acids is 1. The second-order valence-corrected chi connectivity index (χ2v) is 6.44. The van der Waals surface area contributed by atoms with Gasteiger partial charge in [0.2, 0.25) is 5.91 Å². The lowest BCUT2D eigenvalue weighted by Gasteiger charge is -2.38. The molecule has 2 aliphatic heterocycles. The van der Waals surface area contributed by atoms with E-state index < -0.39 is 0 Å². The lowest BCUT2D eigenvalue weighted by atomic mass is 9.93. The highest BCUT2D eigenvalue weighted by Gasteiger charge is 2.31. The van der Waals surface area contributed by atoms with Crippen molar-refractivity contribution in [2.45, 2.75) is 19.3 Å². The quantitative estimate of drug-likeness (QED) is 0.848. The Morgan fingerprint density at radius 1 is 0.909 bits per heavy atom. The number of amides is 1. The normalized spacial score (nSPS) is 19.3. The van der Waals surface area contributed by atoms with Gasteiger partial charge in [0.25, 0.3) is 0 Å². The van der Waals surface area contributed by atoms with Crippen molar-refractivity contribution in [2.24, 2.45) is 5.92 Å². The summed E-state index contributed by atoms with van der Waals surface area (Å²) in [5.74, 6) is 0.635. The van der Waals surface area contributed by atoms with E-state index >= 15 is 0 Å². The minimum Gasteiger partial charge on any atom is -0.371 e. The summed E-state index contributed by atoms with van der Waals surface area (Å²) in [7, 11) is 0. The molecule has 22 heavy (non-hydrogen) atoms. The number of rotatable bonds is 2. The van der Waals surface area contributed by atoms with Gasteiger partial charge in [-0.15, -0.1) is 0 Å². The van der Waals surface area contributed by atoms with Crippen LogP contribution in [0.1, 0.15) is 19.3 Å². The third-order valence-corrected chi connectivity index (χ3v) is 5.12. The van der Waals surface area contributed by atoms with Gasteiger partial charge in [-0.3, -0.25) is 4.79 Å². The molecular weight excluding hydrogens is 272 g/mol. The van der Waals surface area contributed by atoms with Crippen LogP contribution in [0.25, 0.3) is 10.8 Å². The molecule has 1 amide bonds. The van der Waals surface area contributed by atoms with Gasteiger partial charge in [0, 0.05) is 43.2 Å². The highest BCUT2D eigenvalue weighted by molar-refractivity contribution is 5.94. The third-order valence-electron chi connectivity index (χ3n) is 5.12. The molecule has 0 bridgehead atoms. The van der Waals surface area contributed by atoms with Gasteiger partial charge in [-0.25, -0.2) is 0 Å². The van der Waals surface area contributed by atoms with Crippen molar-refractivity contribution >= 4 is 22.4 Å². The maximum absolute atomic E-state index is 12.3. The Hall–Kier alpha value is -2.03. The summed E-state index contributed by atoms with van der Waals surface area (Å²) in [6.07, 6.45) is 3.15. The van der Waals surface area contributed by atoms with E-state index in [9.17, 15) is 4.79 Å². The van der Waals surface area contributed by atoms with Crippen LogP contribution in [0.15, 0.2) is 42.5 Å². The number of fused-ring (bicyclic) bond motifs is 1. The first-order valence-corrected chi connectivity index (χ1v) is 8.34. The monoisotopic (exact) mass is 294 g/mol. The molecule has 114 valence electrons. The Bertz CT molecular complexity index is 679. The van der Waals surface area contributed by atoms with Gasteiger partial charge in [0.15, 0.2) is 0 Å². The average molecular weight is 294 g/mol. The van der Waals surface area contributed by atoms with E-state index in [-0.39, 0.29) is 5.92 Å². The summed E-state index contributed by atoms with van der Waals surface area (Å²) in [5, 5.41) is 2.61. The molecule has 0 unspecified atom stereocenters. The summed E-state index contributed by atoms with van der Waals surface area (Å²) in [6.45, 7) is 3.92. The molecule has 0 spiro atoms. The van der Waals surface area contributed by atoms with Crippen LogP contribution >= 0.6 is 0 Å². The van der Waals surface area contributed by atoms with Gasteiger partial charge in [-0.1, -0.05) is 36.4 Å². The van der Waals surface area contributed by atoms with Crippen LogP contribution in [0, 0.1) is 5.92 Å².